The Morgan fingerprint density at radius 1 is 1.53 bits per heavy atom. The van der Waals surface area contributed by atoms with E-state index in [1.165, 1.54) is 0 Å². The van der Waals surface area contributed by atoms with Crippen molar-refractivity contribution in [3.05, 3.63) is 29.3 Å². The summed E-state index contributed by atoms with van der Waals surface area (Å²) in [5, 5.41) is 12.8. The molecule has 2 N–H and O–H groups in total. The molecule has 1 atom stereocenters. The average Bonchev–Trinajstić information content (AvgIpc) is 2.29. The maximum absolute atomic E-state index is 11.9. The minimum atomic E-state index is -0.408. The van der Waals surface area contributed by atoms with Gasteiger partial charge in [-0.05, 0) is 31.0 Å². The van der Waals surface area contributed by atoms with Crippen LogP contribution in [0.3, 0.4) is 0 Å². The summed E-state index contributed by atoms with van der Waals surface area (Å²) in [6.07, 6.45) is 1.19. The number of aliphatic hydroxyl groups excluding tert-OH is 1. The van der Waals surface area contributed by atoms with Crippen LogP contribution in [0.25, 0.3) is 0 Å². The van der Waals surface area contributed by atoms with Crippen LogP contribution in [-0.4, -0.2) is 35.2 Å². The molecule has 0 aromatic heterocycles. The van der Waals surface area contributed by atoms with E-state index in [0.717, 1.165) is 12.8 Å². The van der Waals surface area contributed by atoms with Crippen LogP contribution >= 0.6 is 11.6 Å². The van der Waals surface area contributed by atoms with E-state index in [-0.39, 0.29) is 6.03 Å². The molecule has 2 amide bonds. The highest BCUT2D eigenvalue weighted by Crippen LogP contribution is 2.16. The molecule has 4 nitrogen and oxygen atoms in total. The molecular formula is C12H15ClN2O2. The van der Waals surface area contributed by atoms with Crippen molar-refractivity contribution >= 4 is 23.3 Å². The third-order valence-electron chi connectivity index (χ3n) is 2.76. The zero-order valence-electron chi connectivity index (χ0n) is 9.40. The average molecular weight is 255 g/mol. The Hall–Kier alpha value is -1.26. The second-order valence-corrected chi connectivity index (χ2v) is 4.62. The van der Waals surface area contributed by atoms with Gasteiger partial charge in [-0.15, -0.1) is 0 Å². The van der Waals surface area contributed by atoms with E-state index in [0.29, 0.717) is 23.8 Å². The smallest absolute Gasteiger partial charge is 0.321 e. The molecule has 0 unspecified atom stereocenters. The molecule has 0 aliphatic carbocycles. The van der Waals surface area contributed by atoms with Gasteiger partial charge in [-0.1, -0.05) is 17.7 Å². The lowest BCUT2D eigenvalue weighted by Gasteiger charge is -2.30. The van der Waals surface area contributed by atoms with E-state index >= 15 is 0 Å². The molecule has 0 saturated carbocycles. The number of carbonyl (C=O) groups is 1. The SMILES string of the molecule is O=C(Nc1cccc(Cl)c1)N1CCC[C@@H](O)C1. The van der Waals surface area contributed by atoms with Crippen LogP contribution in [-0.2, 0) is 0 Å². The van der Waals surface area contributed by atoms with Gasteiger partial charge in [-0.2, -0.15) is 0 Å². The van der Waals surface area contributed by atoms with E-state index in [9.17, 15) is 9.90 Å². The summed E-state index contributed by atoms with van der Waals surface area (Å²) < 4.78 is 0. The second-order valence-electron chi connectivity index (χ2n) is 4.18. The molecule has 1 aliphatic rings. The monoisotopic (exact) mass is 254 g/mol. The number of rotatable bonds is 1. The van der Waals surface area contributed by atoms with Crippen LogP contribution < -0.4 is 5.32 Å². The number of hydrogen-bond donors (Lipinski definition) is 2. The fourth-order valence-electron chi connectivity index (χ4n) is 1.91. The normalized spacial score (nSPS) is 20.1. The number of urea groups is 1. The minimum Gasteiger partial charge on any atom is -0.391 e. The predicted molar refractivity (Wildman–Crippen MR) is 67.3 cm³/mol. The molecule has 17 heavy (non-hydrogen) atoms. The van der Waals surface area contributed by atoms with Crippen molar-refractivity contribution in [2.75, 3.05) is 18.4 Å². The van der Waals surface area contributed by atoms with Crippen LogP contribution in [0.1, 0.15) is 12.8 Å². The summed E-state index contributed by atoms with van der Waals surface area (Å²) >= 11 is 5.83. The summed E-state index contributed by atoms with van der Waals surface area (Å²) in [6.45, 7) is 1.08. The van der Waals surface area contributed by atoms with Gasteiger partial charge >= 0.3 is 6.03 Å². The number of halogens is 1. The van der Waals surface area contributed by atoms with Crippen LogP contribution in [0.2, 0.25) is 5.02 Å². The van der Waals surface area contributed by atoms with Crippen molar-refractivity contribution in [1.82, 2.24) is 4.90 Å². The fraction of sp³-hybridized carbons (Fsp3) is 0.417. The van der Waals surface area contributed by atoms with Crippen LogP contribution in [0.5, 0.6) is 0 Å². The number of anilines is 1. The van der Waals surface area contributed by atoms with Gasteiger partial charge in [0.1, 0.15) is 0 Å². The van der Waals surface area contributed by atoms with Gasteiger partial charge in [0.05, 0.1) is 6.10 Å². The van der Waals surface area contributed by atoms with Crippen LogP contribution in [0.15, 0.2) is 24.3 Å². The number of carbonyl (C=O) groups excluding carboxylic acids is 1. The molecular weight excluding hydrogens is 240 g/mol. The molecule has 0 spiro atoms. The van der Waals surface area contributed by atoms with Gasteiger partial charge in [0.25, 0.3) is 0 Å². The number of benzene rings is 1. The predicted octanol–water partition coefficient (Wildman–Crippen LogP) is 2.33. The van der Waals surface area contributed by atoms with Crippen molar-refractivity contribution in [1.29, 1.82) is 0 Å². The zero-order valence-corrected chi connectivity index (χ0v) is 10.2. The fourth-order valence-corrected chi connectivity index (χ4v) is 2.10. The summed E-state index contributed by atoms with van der Waals surface area (Å²) in [4.78, 5) is 13.5. The molecule has 1 fully saturated rings. The van der Waals surface area contributed by atoms with Crippen molar-refractivity contribution in [3.63, 3.8) is 0 Å². The number of likely N-dealkylation sites (tertiary alicyclic amines) is 1. The molecule has 92 valence electrons. The molecule has 1 saturated heterocycles. The van der Waals surface area contributed by atoms with E-state index in [1.807, 2.05) is 0 Å². The number of nitrogens with one attached hydrogen (secondary N) is 1. The van der Waals surface area contributed by atoms with E-state index in [4.69, 9.17) is 11.6 Å². The summed E-state index contributed by atoms with van der Waals surface area (Å²) in [5.74, 6) is 0. The third-order valence-corrected chi connectivity index (χ3v) is 2.99. The third kappa shape index (κ3) is 3.35. The van der Waals surface area contributed by atoms with Crippen LogP contribution in [0.4, 0.5) is 10.5 Å². The maximum atomic E-state index is 11.9. The number of hydrogen-bond acceptors (Lipinski definition) is 2. The molecule has 1 heterocycles. The first-order chi connectivity index (χ1) is 8.15. The second kappa shape index (κ2) is 5.38. The Morgan fingerprint density at radius 3 is 3.06 bits per heavy atom. The highest BCUT2D eigenvalue weighted by molar-refractivity contribution is 6.30. The summed E-state index contributed by atoms with van der Waals surface area (Å²) in [7, 11) is 0. The minimum absolute atomic E-state index is 0.189. The van der Waals surface area contributed by atoms with Crippen LogP contribution in [0, 0.1) is 0 Å². The highest BCUT2D eigenvalue weighted by atomic mass is 35.5. The Labute approximate surface area is 105 Å². The first kappa shape index (κ1) is 12.2. The van der Waals surface area contributed by atoms with E-state index in [1.54, 1.807) is 29.2 Å². The first-order valence-corrected chi connectivity index (χ1v) is 6.02. The number of β-amino-alcohol motifs (C(OH)–C–C–N with tert-alkyl or cyclic N) is 1. The standard InChI is InChI=1S/C12H15ClN2O2/c13-9-3-1-4-10(7-9)14-12(17)15-6-2-5-11(16)8-15/h1,3-4,7,11,16H,2,5-6,8H2,(H,14,17)/t11-/m1/s1. The lowest BCUT2D eigenvalue weighted by molar-refractivity contribution is 0.0883. The van der Waals surface area contributed by atoms with Gasteiger partial charge in [-0.3, -0.25) is 0 Å². The molecule has 1 aromatic carbocycles. The van der Waals surface area contributed by atoms with Crippen molar-refractivity contribution in [2.24, 2.45) is 0 Å². The Kier molecular flexibility index (Phi) is 3.86. The molecule has 2 rings (SSSR count). The molecule has 1 aliphatic heterocycles. The summed E-state index contributed by atoms with van der Waals surface area (Å²) in [5.41, 5.74) is 0.669. The molecule has 5 heteroatoms. The lowest BCUT2D eigenvalue weighted by atomic mass is 10.1. The number of aliphatic hydroxyl groups is 1. The van der Waals surface area contributed by atoms with E-state index in [2.05, 4.69) is 5.32 Å². The number of piperidine rings is 1. The summed E-state index contributed by atoms with van der Waals surface area (Å²) in [6, 6.07) is 6.82. The largest absolute Gasteiger partial charge is 0.391 e. The van der Waals surface area contributed by atoms with E-state index < -0.39 is 6.10 Å². The Balaban J connectivity index is 1.96. The lowest BCUT2D eigenvalue weighted by Crippen LogP contribution is -2.44. The number of nitrogens with zero attached hydrogens (tertiary/aromatic N) is 1. The van der Waals surface area contributed by atoms with Gasteiger partial charge < -0.3 is 15.3 Å². The first-order valence-electron chi connectivity index (χ1n) is 5.65. The van der Waals surface area contributed by atoms with Crippen molar-refractivity contribution < 1.29 is 9.90 Å². The van der Waals surface area contributed by atoms with Gasteiger partial charge in [0.15, 0.2) is 0 Å². The quantitative estimate of drug-likeness (QED) is 0.808. The molecule has 1 aromatic rings. The van der Waals surface area contributed by atoms with Crippen molar-refractivity contribution in [2.45, 2.75) is 18.9 Å². The van der Waals surface area contributed by atoms with Crippen molar-refractivity contribution in [3.8, 4) is 0 Å². The molecule has 0 radical (unpaired) electrons. The topological polar surface area (TPSA) is 52.6 Å². The maximum Gasteiger partial charge on any atom is 0.321 e. The molecule has 0 bridgehead atoms. The Morgan fingerprint density at radius 2 is 2.35 bits per heavy atom. The highest BCUT2D eigenvalue weighted by Gasteiger charge is 2.21. The number of amides is 2. The van der Waals surface area contributed by atoms with Gasteiger partial charge in [0, 0.05) is 23.8 Å². The zero-order chi connectivity index (χ0) is 12.3. The Bertz CT molecular complexity index is 411. The van der Waals surface area contributed by atoms with Gasteiger partial charge in [0.2, 0.25) is 0 Å². The van der Waals surface area contributed by atoms with Gasteiger partial charge in [-0.25, -0.2) is 4.79 Å².